The quantitative estimate of drug-likeness (QED) is 0.827. The van der Waals surface area contributed by atoms with Crippen molar-refractivity contribution in [1.82, 2.24) is 4.31 Å². The highest BCUT2D eigenvalue weighted by Crippen LogP contribution is 2.28. The molecule has 1 fully saturated rings. The van der Waals surface area contributed by atoms with Gasteiger partial charge in [0.05, 0.1) is 11.5 Å². The van der Waals surface area contributed by atoms with Gasteiger partial charge in [0.1, 0.15) is 5.75 Å². The molecule has 4 rings (SSSR count). The molecule has 2 heterocycles. The summed E-state index contributed by atoms with van der Waals surface area (Å²) in [6, 6.07) is 10.4. The Balaban J connectivity index is 1.57. The number of nitrogens with one attached hydrogen (secondary N) is 1. The van der Waals surface area contributed by atoms with Crippen molar-refractivity contribution in [2.24, 2.45) is 0 Å². The predicted molar refractivity (Wildman–Crippen MR) is 112 cm³/mol. The highest BCUT2D eigenvalue weighted by Gasteiger charge is 2.27. The number of anilines is 1. The Kier molecular flexibility index (Phi) is 5.61. The van der Waals surface area contributed by atoms with Crippen LogP contribution in [-0.4, -0.2) is 38.3 Å². The molecule has 7 heteroatoms. The van der Waals surface area contributed by atoms with E-state index in [4.69, 9.17) is 4.74 Å². The van der Waals surface area contributed by atoms with E-state index in [1.165, 1.54) is 0 Å². The number of sulfonamides is 1. The second-order valence-electron chi connectivity index (χ2n) is 7.67. The summed E-state index contributed by atoms with van der Waals surface area (Å²) < 4.78 is 33.5. The lowest BCUT2D eigenvalue weighted by Gasteiger charge is -2.21. The molecule has 1 N–H and O–H groups in total. The van der Waals surface area contributed by atoms with E-state index in [0.717, 1.165) is 43.4 Å². The second-order valence-corrected chi connectivity index (χ2v) is 9.58. The van der Waals surface area contributed by atoms with E-state index in [9.17, 15) is 13.2 Å². The van der Waals surface area contributed by atoms with Crippen LogP contribution in [-0.2, 0) is 16.4 Å². The van der Waals surface area contributed by atoms with Gasteiger partial charge in [-0.3, -0.25) is 4.79 Å². The standard InChI is InChI=1S/C22H26N2O4S/c1-16-6-8-19(15-21(16)29(26,27)24-11-4-2-3-5-12-24)23-22(25)18-7-9-20-17(14-18)10-13-28-20/h6-9,14-15H,2-5,10-13H2,1H3,(H,23,25). The van der Waals surface area contributed by atoms with Gasteiger partial charge in [-0.1, -0.05) is 18.9 Å². The van der Waals surface area contributed by atoms with Crippen LogP contribution < -0.4 is 10.1 Å². The maximum absolute atomic E-state index is 13.2. The maximum Gasteiger partial charge on any atom is 0.255 e. The van der Waals surface area contributed by atoms with E-state index in [1.54, 1.807) is 35.5 Å². The van der Waals surface area contributed by atoms with Crippen LogP contribution >= 0.6 is 0 Å². The number of aryl methyl sites for hydroxylation is 1. The van der Waals surface area contributed by atoms with E-state index in [1.807, 2.05) is 12.1 Å². The minimum absolute atomic E-state index is 0.262. The highest BCUT2D eigenvalue weighted by molar-refractivity contribution is 7.89. The number of benzene rings is 2. The van der Waals surface area contributed by atoms with E-state index >= 15 is 0 Å². The van der Waals surface area contributed by atoms with Gasteiger partial charge in [0, 0.05) is 30.8 Å². The fourth-order valence-corrected chi connectivity index (χ4v) is 5.68. The molecule has 0 saturated carbocycles. The van der Waals surface area contributed by atoms with Crippen molar-refractivity contribution < 1.29 is 17.9 Å². The minimum atomic E-state index is -3.58. The zero-order chi connectivity index (χ0) is 20.4. The first-order valence-electron chi connectivity index (χ1n) is 10.1. The minimum Gasteiger partial charge on any atom is -0.493 e. The molecule has 1 saturated heterocycles. The van der Waals surface area contributed by atoms with Crippen LogP contribution in [0.3, 0.4) is 0 Å². The van der Waals surface area contributed by atoms with Crippen molar-refractivity contribution in [2.45, 2.75) is 43.9 Å². The molecule has 6 nitrogen and oxygen atoms in total. The Hall–Kier alpha value is -2.38. The average Bonchev–Trinajstić information content (AvgIpc) is 3.00. The molecule has 29 heavy (non-hydrogen) atoms. The lowest BCUT2D eigenvalue weighted by atomic mass is 10.1. The van der Waals surface area contributed by atoms with Crippen LogP contribution in [0, 0.1) is 6.92 Å². The Morgan fingerprint density at radius 1 is 1.03 bits per heavy atom. The smallest absolute Gasteiger partial charge is 0.255 e. The number of fused-ring (bicyclic) bond motifs is 1. The number of ether oxygens (including phenoxy) is 1. The summed E-state index contributed by atoms with van der Waals surface area (Å²) in [5.41, 5.74) is 2.71. The summed E-state index contributed by atoms with van der Waals surface area (Å²) in [5.74, 6) is 0.560. The largest absolute Gasteiger partial charge is 0.493 e. The fraction of sp³-hybridized carbons (Fsp3) is 0.409. The number of hydrogen-bond donors (Lipinski definition) is 1. The van der Waals surface area contributed by atoms with Crippen molar-refractivity contribution in [3.63, 3.8) is 0 Å². The Morgan fingerprint density at radius 3 is 2.55 bits per heavy atom. The maximum atomic E-state index is 13.2. The van der Waals surface area contributed by atoms with Crippen LogP contribution in [0.15, 0.2) is 41.3 Å². The first-order valence-corrected chi connectivity index (χ1v) is 11.6. The van der Waals surface area contributed by atoms with Gasteiger partial charge in [-0.05, 0) is 61.2 Å². The van der Waals surface area contributed by atoms with Crippen molar-refractivity contribution in [2.75, 3.05) is 25.0 Å². The summed E-state index contributed by atoms with van der Waals surface area (Å²) in [6.07, 6.45) is 4.69. The van der Waals surface area contributed by atoms with E-state index < -0.39 is 10.0 Å². The third kappa shape index (κ3) is 4.16. The van der Waals surface area contributed by atoms with Gasteiger partial charge in [0.25, 0.3) is 5.91 Å². The topological polar surface area (TPSA) is 75.7 Å². The van der Waals surface area contributed by atoms with Crippen LogP contribution in [0.1, 0.15) is 47.2 Å². The molecule has 0 spiro atoms. The number of rotatable bonds is 4. The molecule has 2 aliphatic heterocycles. The SMILES string of the molecule is Cc1ccc(NC(=O)c2ccc3c(c2)CCO3)cc1S(=O)(=O)N1CCCCCC1. The Bertz CT molecular complexity index is 1030. The molecule has 0 radical (unpaired) electrons. The number of hydrogen-bond acceptors (Lipinski definition) is 4. The Labute approximate surface area is 171 Å². The number of nitrogens with zero attached hydrogens (tertiary/aromatic N) is 1. The summed E-state index contributed by atoms with van der Waals surface area (Å²) in [7, 11) is -3.58. The lowest BCUT2D eigenvalue weighted by Crippen LogP contribution is -2.32. The third-order valence-corrected chi connectivity index (χ3v) is 7.62. The molecule has 1 amide bonds. The summed E-state index contributed by atoms with van der Waals surface area (Å²) in [6.45, 7) is 3.53. The van der Waals surface area contributed by atoms with Crippen LogP contribution in [0.4, 0.5) is 5.69 Å². The molecule has 0 atom stereocenters. The normalized spacial score (nSPS) is 17.3. The molecular formula is C22H26N2O4S. The van der Waals surface area contributed by atoms with Crippen LogP contribution in [0.25, 0.3) is 0 Å². The molecule has 2 aromatic carbocycles. The van der Waals surface area contributed by atoms with Gasteiger partial charge >= 0.3 is 0 Å². The number of carbonyl (C=O) groups excluding carboxylic acids is 1. The van der Waals surface area contributed by atoms with E-state index in [0.29, 0.717) is 36.5 Å². The van der Waals surface area contributed by atoms with Gasteiger partial charge in [-0.25, -0.2) is 8.42 Å². The molecule has 2 aromatic rings. The Morgan fingerprint density at radius 2 is 1.79 bits per heavy atom. The van der Waals surface area contributed by atoms with Crippen LogP contribution in [0.5, 0.6) is 5.75 Å². The molecule has 2 aliphatic rings. The highest BCUT2D eigenvalue weighted by atomic mass is 32.2. The van der Waals surface area contributed by atoms with E-state index in [-0.39, 0.29) is 10.8 Å². The van der Waals surface area contributed by atoms with Gasteiger partial charge in [0.15, 0.2) is 0 Å². The zero-order valence-corrected chi connectivity index (χ0v) is 17.4. The fourth-order valence-electron chi connectivity index (χ4n) is 3.91. The predicted octanol–water partition coefficient (Wildman–Crippen LogP) is 3.75. The van der Waals surface area contributed by atoms with Gasteiger partial charge in [-0.2, -0.15) is 4.31 Å². The molecular weight excluding hydrogens is 388 g/mol. The molecule has 0 bridgehead atoms. The van der Waals surface area contributed by atoms with Gasteiger partial charge in [-0.15, -0.1) is 0 Å². The van der Waals surface area contributed by atoms with Crippen LogP contribution in [0.2, 0.25) is 0 Å². The number of carbonyl (C=O) groups is 1. The van der Waals surface area contributed by atoms with Crippen molar-refractivity contribution in [3.05, 3.63) is 53.1 Å². The monoisotopic (exact) mass is 414 g/mol. The zero-order valence-electron chi connectivity index (χ0n) is 16.6. The first-order chi connectivity index (χ1) is 13.9. The lowest BCUT2D eigenvalue weighted by molar-refractivity contribution is 0.102. The molecule has 154 valence electrons. The average molecular weight is 415 g/mol. The summed E-state index contributed by atoms with van der Waals surface area (Å²) >= 11 is 0. The van der Waals surface area contributed by atoms with E-state index in [2.05, 4.69) is 5.32 Å². The first kappa shape index (κ1) is 19.9. The summed E-state index contributed by atoms with van der Waals surface area (Å²) in [5, 5.41) is 2.84. The van der Waals surface area contributed by atoms with Gasteiger partial charge < -0.3 is 10.1 Å². The molecule has 0 aliphatic carbocycles. The molecule has 0 aromatic heterocycles. The van der Waals surface area contributed by atoms with Crippen molar-refractivity contribution in [1.29, 1.82) is 0 Å². The second kappa shape index (κ2) is 8.16. The van der Waals surface area contributed by atoms with Crippen molar-refractivity contribution >= 4 is 21.6 Å². The van der Waals surface area contributed by atoms with Crippen molar-refractivity contribution in [3.8, 4) is 5.75 Å². The van der Waals surface area contributed by atoms with Gasteiger partial charge in [0.2, 0.25) is 10.0 Å². The third-order valence-electron chi connectivity index (χ3n) is 5.58. The summed E-state index contributed by atoms with van der Waals surface area (Å²) in [4.78, 5) is 13.0. The number of amides is 1. The molecule has 0 unspecified atom stereocenters.